The lowest BCUT2D eigenvalue weighted by Crippen LogP contribution is -2.06. The Bertz CT molecular complexity index is 1160. The van der Waals surface area contributed by atoms with Crippen LogP contribution in [0.15, 0.2) is 71.6 Å². The number of rotatable bonds is 5. The summed E-state index contributed by atoms with van der Waals surface area (Å²) >= 11 is 7.75. The Labute approximate surface area is 179 Å². The summed E-state index contributed by atoms with van der Waals surface area (Å²) < 4.78 is 38.8. The van der Waals surface area contributed by atoms with E-state index in [1.165, 1.54) is 18.3 Å². The van der Waals surface area contributed by atoms with Gasteiger partial charge in [-0.1, -0.05) is 29.8 Å². The lowest BCUT2D eigenvalue weighted by Gasteiger charge is -2.12. The monoisotopic (exact) mass is 446 g/mol. The molecule has 152 valence electrons. The Kier molecular flexibility index (Phi) is 5.61. The number of hydrogen-bond acceptors (Lipinski definition) is 5. The van der Waals surface area contributed by atoms with Crippen molar-refractivity contribution in [3.63, 3.8) is 0 Å². The van der Waals surface area contributed by atoms with Gasteiger partial charge in [0.15, 0.2) is 5.82 Å². The number of anilines is 4. The van der Waals surface area contributed by atoms with Crippen LogP contribution in [0, 0.1) is 0 Å². The Morgan fingerprint density at radius 1 is 0.900 bits per heavy atom. The van der Waals surface area contributed by atoms with Crippen LogP contribution in [0.1, 0.15) is 5.56 Å². The van der Waals surface area contributed by atoms with Crippen molar-refractivity contribution in [3.05, 3.63) is 82.1 Å². The van der Waals surface area contributed by atoms with E-state index in [-0.39, 0.29) is 22.5 Å². The van der Waals surface area contributed by atoms with E-state index in [9.17, 15) is 13.2 Å². The zero-order valence-electron chi connectivity index (χ0n) is 15.2. The zero-order valence-corrected chi connectivity index (χ0v) is 16.8. The molecule has 4 rings (SSSR count). The largest absolute Gasteiger partial charge is 0.416 e. The molecule has 0 spiro atoms. The lowest BCUT2D eigenvalue weighted by molar-refractivity contribution is -0.137. The van der Waals surface area contributed by atoms with E-state index in [0.29, 0.717) is 0 Å². The van der Waals surface area contributed by atoms with Crippen molar-refractivity contribution in [2.24, 2.45) is 0 Å². The minimum atomic E-state index is -4.44. The highest BCUT2D eigenvalue weighted by Gasteiger charge is 2.30. The highest BCUT2D eigenvalue weighted by atomic mass is 35.5. The van der Waals surface area contributed by atoms with E-state index in [0.717, 1.165) is 28.9 Å². The van der Waals surface area contributed by atoms with E-state index >= 15 is 0 Å². The first-order valence-corrected chi connectivity index (χ1v) is 10.1. The van der Waals surface area contributed by atoms with E-state index < -0.39 is 11.7 Å². The second kappa shape index (κ2) is 8.33. The molecule has 0 saturated carbocycles. The van der Waals surface area contributed by atoms with Crippen LogP contribution < -0.4 is 10.6 Å². The van der Waals surface area contributed by atoms with Crippen molar-refractivity contribution in [2.75, 3.05) is 10.6 Å². The molecule has 0 aliphatic heterocycles. The number of nitrogens with one attached hydrogen (secondary N) is 2. The fourth-order valence-corrected chi connectivity index (χ4v) is 3.56. The van der Waals surface area contributed by atoms with Crippen molar-refractivity contribution in [2.45, 2.75) is 6.18 Å². The van der Waals surface area contributed by atoms with Gasteiger partial charge in [-0.05, 0) is 58.3 Å². The maximum atomic E-state index is 12.9. The number of benzene rings is 2. The maximum Gasteiger partial charge on any atom is 0.416 e. The van der Waals surface area contributed by atoms with Gasteiger partial charge in [0.1, 0.15) is 5.02 Å². The average Bonchev–Trinajstić information content (AvgIpc) is 3.25. The van der Waals surface area contributed by atoms with Crippen molar-refractivity contribution < 1.29 is 13.2 Å². The van der Waals surface area contributed by atoms with Crippen LogP contribution in [0.25, 0.3) is 11.1 Å². The average molecular weight is 447 g/mol. The fraction of sp³-hybridized carbons (Fsp3) is 0.0476. The van der Waals surface area contributed by atoms with Gasteiger partial charge in [0, 0.05) is 11.4 Å². The number of thiophene rings is 1. The minimum absolute atomic E-state index is 0.185. The topological polar surface area (TPSA) is 49.8 Å². The van der Waals surface area contributed by atoms with Gasteiger partial charge in [-0.15, -0.1) is 0 Å². The molecule has 0 radical (unpaired) electrons. The summed E-state index contributed by atoms with van der Waals surface area (Å²) in [6.45, 7) is 0. The molecular weight excluding hydrogens is 433 g/mol. The van der Waals surface area contributed by atoms with Crippen LogP contribution in [0.5, 0.6) is 0 Å². The summed E-state index contributed by atoms with van der Waals surface area (Å²) in [5.41, 5.74) is 2.37. The van der Waals surface area contributed by atoms with Crippen molar-refractivity contribution in [3.8, 4) is 11.1 Å². The van der Waals surface area contributed by atoms with Gasteiger partial charge in [0.2, 0.25) is 5.95 Å². The molecule has 2 N–H and O–H groups in total. The quantitative estimate of drug-likeness (QED) is 0.336. The molecular formula is C21H14ClF3N4S. The maximum absolute atomic E-state index is 12.9. The van der Waals surface area contributed by atoms with Crippen molar-refractivity contribution >= 4 is 46.1 Å². The number of halogens is 4. The van der Waals surface area contributed by atoms with Crippen LogP contribution >= 0.6 is 22.9 Å². The van der Waals surface area contributed by atoms with E-state index in [2.05, 4.69) is 26.0 Å². The highest BCUT2D eigenvalue weighted by Crippen LogP contribution is 2.32. The predicted octanol–water partition coefficient (Wildman–Crippen LogP) is 7.36. The number of alkyl halides is 3. The molecule has 4 nitrogen and oxygen atoms in total. The minimum Gasteiger partial charge on any atom is -0.339 e. The molecule has 0 saturated heterocycles. The summed E-state index contributed by atoms with van der Waals surface area (Å²) in [6.07, 6.45) is -3.05. The summed E-state index contributed by atoms with van der Waals surface area (Å²) in [6, 6.07) is 14.6. The smallest absolute Gasteiger partial charge is 0.339 e. The number of aromatic nitrogens is 2. The van der Waals surface area contributed by atoms with Gasteiger partial charge >= 0.3 is 6.18 Å². The van der Waals surface area contributed by atoms with Crippen LogP contribution in [0.2, 0.25) is 5.02 Å². The standard InChI is InChI=1S/C21H14ClF3N4S/c22-18-11-26-20(28-16-5-1-3-13(9-16)14-7-8-30-12-14)29-19(18)27-17-6-2-4-15(10-17)21(23,24)25/h1-12H,(H2,26,27,28,29). The molecule has 30 heavy (non-hydrogen) atoms. The first-order chi connectivity index (χ1) is 14.4. The Morgan fingerprint density at radius 3 is 2.40 bits per heavy atom. The normalized spacial score (nSPS) is 11.3. The summed E-state index contributed by atoms with van der Waals surface area (Å²) in [5, 5.41) is 10.2. The highest BCUT2D eigenvalue weighted by molar-refractivity contribution is 7.08. The summed E-state index contributed by atoms with van der Waals surface area (Å²) in [5.74, 6) is 0.457. The Balaban J connectivity index is 1.56. The van der Waals surface area contributed by atoms with Crippen LogP contribution in [-0.2, 0) is 6.18 Å². The molecule has 2 heterocycles. The molecule has 2 aromatic heterocycles. The molecule has 2 aromatic carbocycles. The zero-order chi connectivity index (χ0) is 21.1. The van der Waals surface area contributed by atoms with Gasteiger partial charge < -0.3 is 10.6 Å². The van der Waals surface area contributed by atoms with Gasteiger partial charge in [0.25, 0.3) is 0 Å². The number of hydrogen-bond donors (Lipinski definition) is 2. The molecule has 9 heteroatoms. The van der Waals surface area contributed by atoms with Gasteiger partial charge in [-0.25, -0.2) is 4.98 Å². The molecule has 0 aliphatic carbocycles. The first-order valence-electron chi connectivity index (χ1n) is 8.75. The van der Waals surface area contributed by atoms with E-state index in [1.54, 1.807) is 11.3 Å². The molecule has 0 aliphatic rings. The molecule has 0 fully saturated rings. The number of nitrogens with zero attached hydrogens (tertiary/aromatic N) is 2. The second-order valence-electron chi connectivity index (χ2n) is 6.31. The van der Waals surface area contributed by atoms with E-state index in [1.807, 2.05) is 35.7 Å². The summed E-state index contributed by atoms with van der Waals surface area (Å²) in [7, 11) is 0. The van der Waals surface area contributed by atoms with Gasteiger partial charge in [0.05, 0.1) is 11.8 Å². The van der Waals surface area contributed by atoms with Gasteiger partial charge in [-0.2, -0.15) is 29.5 Å². The van der Waals surface area contributed by atoms with Gasteiger partial charge in [-0.3, -0.25) is 0 Å². The predicted molar refractivity (Wildman–Crippen MR) is 115 cm³/mol. The third kappa shape index (κ3) is 4.72. The lowest BCUT2D eigenvalue weighted by atomic mass is 10.1. The Morgan fingerprint density at radius 2 is 1.67 bits per heavy atom. The van der Waals surface area contributed by atoms with Crippen molar-refractivity contribution in [1.82, 2.24) is 9.97 Å². The van der Waals surface area contributed by atoms with E-state index in [4.69, 9.17) is 11.6 Å². The first kappa shape index (κ1) is 20.2. The fourth-order valence-electron chi connectivity index (χ4n) is 2.76. The Hall–Kier alpha value is -3.10. The van der Waals surface area contributed by atoms with Crippen LogP contribution in [-0.4, -0.2) is 9.97 Å². The molecule has 0 bridgehead atoms. The molecule has 0 unspecified atom stereocenters. The molecule has 0 atom stereocenters. The van der Waals surface area contributed by atoms with Crippen LogP contribution in [0.4, 0.5) is 36.3 Å². The molecule has 0 amide bonds. The third-order valence-electron chi connectivity index (χ3n) is 4.17. The van der Waals surface area contributed by atoms with Crippen molar-refractivity contribution in [1.29, 1.82) is 0 Å². The summed E-state index contributed by atoms with van der Waals surface area (Å²) in [4.78, 5) is 8.46. The SMILES string of the molecule is FC(F)(F)c1cccc(Nc2nc(Nc3cccc(-c4ccsc4)c3)ncc2Cl)c1. The molecule has 4 aromatic rings. The third-order valence-corrected chi connectivity index (χ3v) is 5.13. The second-order valence-corrected chi connectivity index (χ2v) is 7.50. The van der Waals surface area contributed by atoms with Crippen LogP contribution in [0.3, 0.4) is 0 Å².